The van der Waals surface area contributed by atoms with Gasteiger partial charge in [0.15, 0.2) is 0 Å². The number of nitrogens with one attached hydrogen (secondary N) is 1. The van der Waals surface area contributed by atoms with Crippen molar-refractivity contribution in [3.63, 3.8) is 0 Å². The van der Waals surface area contributed by atoms with Crippen molar-refractivity contribution in [3.05, 3.63) is 58.6 Å². The zero-order chi connectivity index (χ0) is 22.4. The van der Waals surface area contributed by atoms with Crippen LogP contribution in [0.25, 0.3) is 0 Å². The monoisotopic (exact) mass is 429 g/mol. The first kappa shape index (κ1) is 23.7. The standard InChI is InChI=1S/C24H32ClN3O2/c1-7-23(29)26-19-12-13-22(27(5)6)18(14-19)15-28(17(4)16(2)3)24(30)20-10-8-9-11-21(20)25/h8-14,16-17H,7,15H2,1-6H3,(H,26,29)/t17-/m0/s1. The molecule has 6 heteroatoms. The lowest BCUT2D eigenvalue weighted by Crippen LogP contribution is -2.41. The fourth-order valence-electron chi connectivity index (χ4n) is 3.21. The molecular weight excluding hydrogens is 398 g/mol. The SMILES string of the molecule is CCC(=O)Nc1ccc(N(C)C)c(CN(C(=O)c2ccccc2Cl)[C@@H](C)C(C)C)c1. The number of carbonyl (C=O) groups is 2. The second-order valence-corrected chi connectivity index (χ2v) is 8.44. The summed E-state index contributed by atoms with van der Waals surface area (Å²) >= 11 is 6.33. The van der Waals surface area contributed by atoms with Gasteiger partial charge in [-0.15, -0.1) is 0 Å². The first-order valence-corrected chi connectivity index (χ1v) is 10.7. The minimum Gasteiger partial charge on any atom is -0.377 e. The molecule has 2 rings (SSSR count). The third-order valence-electron chi connectivity index (χ3n) is 5.33. The maximum Gasteiger partial charge on any atom is 0.255 e. The second kappa shape index (κ2) is 10.5. The van der Waals surface area contributed by atoms with E-state index in [-0.39, 0.29) is 23.8 Å². The number of benzene rings is 2. The summed E-state index contributed by atoms with van der Waals surface area (Å²) < 4.78 is 0. The molecular formula is C24H32ClN3O2. The molecule has 0 fully saturated rings. The highest BCUT2D eigenvalue weighted by atomic mass is 35.5. The average Bonchev–Trinajstić information content (AvgIpc) is 2.71. The molecule has 1 atom stereocenters. The van der Waals surface area contributed by atoms with Gasteiger partial charge in [0.1, 0.15) is 0 Å². The topological polar surface area (TPSA) is 52.7 Å². The van der Waals surface area contributed by atoms with Gasteiger partial charge in [0.2, 0.25) is 5.91 Å². The molecule has 2 aromatic carbocycles. The van der Waals surface area contributed by atoms with E-state index >= 15 is 0 Å². The maximum absolute atomic E-state index is 13.5. The normalized spacial score (nSPS) is 11.9. The number of halogens is 1. The summed E-state index contributed by atoms with van der Waals surface area (Å²) in [7, 11) is 3.93. The molecule has 0 heterocycles. The Bertz CT molecular complexity index is 896. The zero-order valence-corrected chi connectivity index (χ0v) is 19.5. The fraction of sp³-hybridized carbons (Fsp3) is 0.417. The first-order valence-electron chi connectivity index (χ1n) is 10.3. The van der Waals surface area contributed by atoms with Crippen LogP contribution in [0.4, 0.5) is 11.4 Å². The first-order chi connectivity index (χ1) is 14.1. The molecule has 0 aliphatic heterocycles. The minimum absolute atomic E-state index is 0.00215. The van der Waals surface area contributed by atoms with Crippen molar-refractivity contribution in [2.45, 2.75) is 46.7 Å². The summed E-state index contributed by atoms with van der Waals surface area (Å²) in [6, 6.07) is 12.9. The number of carbonyl (C=O) groups excluding carboxylic acids is 2. The van der Waals surface area contributed by atoms with Crippen LogP contribution < -0.4 is 10.2 Å². The molecule has 0 spiro atoms. The quantitative estimate of drug-likeness (QED) is 0.607. The highest BCUT2D eigenvalue weighted by molar-refractivity contribution is 6.33. The van der Waals surface area contributed by atoms with E-state index in [9.17, 15) is 9.59 Å². The molecule has 0 aliphatic carbocycles. The van der Waals surface area contributed by atoms with Crippen molar-refractivity contribution in [3.8, 4) is 0 Å². The minimum atomic E-state index is -0.102. The van der Waals surface area contributed by atoms with Gasteiger partial charge in [-0.25, -0.2) is 0 Å². The molecule has 2 amide bonds. The summed E-state index contributed by atoms with van der Waals surface area (Å²) in [6.07, 6.45) is 0.409. The van der Waals surface area contributed by atoms with E-state index in [1.807, 2.05) is 61.2 Å². The van der Waals surface area contributed by atoms with Crippen LogP contribution in [0.1, 0.15) is 50.0 Å². The lowest BCUT2D eigenvalue weighted by Gasteiger charge is -2.33. The Morgan fingerprint density at radius 1 is 1.07 bits per heavy atom. The number of hydrogen-bond acceptors (Lipinski definition) is 3. The van der Waals surface area contributed by atoms with E-state index < -0.39 is 0 Å². The van der Waals surface area contributed by atoms with E-state index in [2.05, 4.69) is 26.1 Å². The van der Waals surface area contributed by atoms with Crippen molar-refractivity contribution < 1.29 is 9.59 Å². The summed E-state index contributed by atoms with van der Waals surface area (Å²) in [5.74, 6) is 0.120. The number of anilines is 2. The van der Waals surface area contributed by atoms with Crippen LogP contribution in [-0.4, -0.2) is 36.9 Å². The molecule has 0 saturated heterocycles. The summed E-state index contributed by atoms with van der Waals surface area (Å²) in [6.45, 7) is 8.48. The smallest absolute Gasteiger partial charge is 0.255 e. The fourth-order valence-corrected chi connectivity index (χ4v) is 3.43. The van der Waals surface area contributed by atoms with Crippen molar-refractivity contribution in [1.29, 1.82) is 0 Å². The highest BCUT2D eigenvalue weighted by Crippen LogP contribution is 2.28. The van der Waals surface area contributed by atoms with E-state index in [1.54, 1.807) is 12.1 Å². The van der Waals surface area contributed by atoms with Crippen LogP contribution in [0.3, 0.4) is 0 Å². The molecule has 0 saturated carbocycles. The summed E-state index contributed by atoms with van der Waals surface area (Å²) in [4.78, 5) is 29.2. The van der Waals surface area contributed by atoms with Crippen molar-refractivity contribution in [2.75, 3.05) is 24.3 Å². The van der Waals surface area contributed by atoms with Crippen molar-refractivity contribution in [2.24, 2.45) is 5.92 Å². The maximum atomic E-state index is 13.5. The molecule has 1 N–H and O–H groups in total. The van der Waals surface area contributed by atoms with Gasteiger partial charge in [-0.1, -0.05) is 44.5 Å². The van der Waals surface area contributed by atoms with Crippen molar-refractivity contribution >= 4 is 34.8 Å². The molecule has 2 aromatic rings. The zero-order valence-electron chi connectivity index (χ0n) is 18.7. The van der Waals surface area contributed by atoms with Crippen LogP contribution in [-0.2, 0) is 11.3 Å². The number of hydrogen-bond donors (Lipinski definition) is 1. The summed E-state index contributed by atoms with van der Waals surface area (Å²) in [5.41, 5.74) is 3.18. The Balaban J connectivity index is 2.48. The Kier molecular flexibility index (Phi) is 8.30. The Hall–Kier alpha value is -2.53. The van der Waals surface area contributed by atoms with Gasteiger partial charge < -0.3 is 15.1 Å². The van der Waals surface area contributed by atoms with Crippen molar-refractivity contribution in [1.82, 2.24) is 4.90 Å². The Morgan fingerprint density at radius 3 is 2.30 bits per heavy atom. The number of amides is 2. The Labute approximate surface area is 185 Å². The van der Waals surface area contributed by atoms with E-state index in [0.717, 1.165) is 16.9 Å². The van der Waals surface area contributed by atoms with Crippen LogP contribution >= 0.6 is 11.6 Å². The molecule has 0 bridgehead atoms. The number of nitrogens with zero attached hydrogens (tertiary/aromatic N) is 2. The largest absolute Gasteiger partial charge is 0.377 e. The van der Waals surface area contributed by atoms with E-state index in [4.69, 9.17) is 11.6 Å². The molecule has 0 aliphatic rings. The third-order valence-corrected chi connectivity index (χ3v) is 5.66. The van der Waals surface area contributed by atoms with Crippen LogP contribution in [0.2, 0.25) is 5.02 Å². The lowest BCUT2D eigenvalue weighted by molar-refractivity contribution is -0.115. The van der Waals surface area contributed by atoms with Crippen LogP contribution in [0, 0.1) is 5.92 Å². The molecule has 0 unspecified atom stereocenters. The van der Waals surface area contributed by atoms with Gasteiger partial charge in [0.25, 0.3) is 5.91 Å². The van der Waals surface area contributed by atoms with Gasteiger partial charge in [0.05, 0.1) is 10.6 Å². The van der Waals surface area contributed by atoms with Gasteiger partial charge in [-0.2, -0.15) is 0 Å². The van der Waals surface area contributed by atoms with Gasteiger partial charge in [-0.05, 0) is 48.7 Å². The average molecular weight is 430 g/mol. The lowest BCUT2D eigenvalue weighted by atomic mass is 10.0. The van der Waals surface area contributed by atoms with Gasteiger partial charge >= 0.3 is 0 Å². The Morgan fingerprint density at radius 2 is 1.73 bits per heavy atom. The van der Waals surface area contributed by atoms with Crippen LogP contribution in [0.15, 0.2) is 42.5 Å². The molecule has 0 radical (unpaired) electrons. The van der Waals surface area contributed by atoms with Gasteiger partial charge in [-0.3, -0.25) is 9.59 Å². The molecule has 0 aromatic heterocycles. The number of rotatable bonds is 8. The predicted octanol–water partition coefficient (Wildman–Crippen LogP) is 5.44. The predicted molar refractivity (Wildman–Crippen MR) is 125 cm³/mol. The summed E-state index contributed by atoms with van der Waals surface area (Å²) in [5, 5.41) is 3.36. The molecule has 30 heavy (non-hydrogen) atoms. The van der Waals surface area contributed by atoms with Gasteiger partial charge in [0, 0.05) is 44.5 Å². The highest BCUT2D eigenvalue weighted by Gasteiger charge is 2.26. The van der Waals surface area contributed by atoms with E-state index in [1.165, 1.54) is 0 Å². The van der Waals surface area contributed by atoms with Crippen LogP contribution in [0.5, 0.6) is 0 Å². The third kappa shape index (κ3) is 5.76. The van der Waals surface area contributed by atoms with E-state index in [0.29, 0.717) is 23.6 Å². The second-order valence-electron chi connectivity index (χ2n) is 8.04. The molecule has 5 nitrogen and oxygen atoms in total. The molecule has 162 valence electrons.